The zero-order valence-electron chi connectivity index (χ0n) is 20.3. The summed E-state index contributed by atoms with van der Waals surface area (Å²) >= 11 is 0. The number of rotatable bonds is 11. The fourth-order valence-electron chi connectivity index (χ4n) is 3.89. The van der Waals surface area contributed by atoms with Crippen LogP contribution in [-0.2, 0) is 17.7 Å². The molecule has 1 aromatic carbocycles. The lowest BCUT2D eigenvalue weighted by molar-refractivity contribution is 0.0919. The molecule has 0 unspecified atom stereocenters. The zero-order valence-corrected chi connectivity index (χ0v) is 20.3. The molecule has 0 atom stereocenters. The summed E-state index contributed by atoms with van der Waals surface area (Å²) in [5.41, 5.74) is 9.60. The lowest BCUT2D eigenvalue weighted by Gasteiger charge is -2.13. The number of benzene rings is 1. The predicted molar refractivity (Wildman–Crippen MR) is 136 cm³/mol. The second-order valence-corrected chi connectivity index (χ2v) is 7.98. The van der Waals surface area contributed by atoms with Crippen LogP contribution >= 0.6 is 0 Å². The molecule has 0 aliphatic heterocycles. The molecule has 37 heavy (non-hydrogen) atoms. The Labute approximate surface area is 213 Å². The molecule has 0 aliphatic carbocycles. The van der Waals surface area contributed by atoms with Crippen LogP contribution in [0.3, 0.4) is 0 Å². The van der Waals surface area contributed by atoms with Gasteiger partial charge >= 0.3 is 0 Å². The highest BCUT2D eigenvalue weighted by molar-refractivity contribution is 5.96. The molecular weight excluding hydrogens is 472 g/mol. The number of aryl methyl sites for hydroxylation is 1. The van der Waals surface area contributed by atoms with Crippen molar-refractivity contribution in [3.63, 3.8) is 0 Å². The standard InChI is InChI=1S/C25H26N10O2/c1-2-17-13-18(3-4-19(17)25(36)30-8-12-37-11-6-27)32-23-24-31-15-22(35(24)10-7-29-23)20-16-34(9-5-26)33-21(20)14-28/h3-4,7,10,13,15-16H,2,6,8-9,11-12,27H2,1H3,(H,29,32)(H,30,36). The molecule has 0 bridgehead atoms. The average Bonchev–Trinajstić information content (AvgIpc) is 3.53. The Morgan fingerprint density at radius 3 is 2.86 bits per heavy atom. The van der Waals surface area contributed by atoms with Gasteiger partial charge in [0.1, 0.15) is 12.6 Å². The summed E-state index contributed by atoms with van der Waals surface area (Å²) in [5.74, 6) is 0.344. The van der Waals surface area contributed by atoms with E-state index < -0.39 is 0 Å². The van der Waals surface area contributed by atoms with E-state index in [1.807, 2.05) is 25.1 Å². The summed E-state index contributed by atoms with van der Waals surface area (Å²) in [7, 11) is 0. The average molecular weight is 499 g/mol. The normalized spacial score (nSPS) is 10.7. The predicted octanol–water partition coefficient (Wildman–Crippen LogP) is 2.00. The van der Waals surface area contributed by atoms with Crippen molar-refractivity contribution in [2.75, 3.05) is 31.6 Å². The van der Waals surface area contributed by atoms with Gasteiger partial charge in [-0.15, -0.1) is 0 Å². The van der Waals surface area contributed by atoms with E-state index in [-0.39, 0.29) is 18.1 Å². The molecule has 4 aromatic rings. The maximum atomic E-state index is 12.6. The van der Waals surface area contributed by atoms with Crippen molar-refractivity contribution in [2.45, 2.75) is 19.9 Å². The van der Waals surface area contributed by atoms with Gasteiger partial charge in [0.05, 0.1) is 36.7 Å². The van der Waals surface area contributed by atoms with E-state index in [1.54, 1.807) is 35.3 Å². The summed E-state index contributed by atoms with van der Waals surface area (Å²) in [6.45, 7) is 3.73. The Morgan fingerprint density at radius 1 is 1.24 bits per heavy atom. The summed E-state index contributed by atoms with van der Waals surface area (Å²) < 4.78 is 8.53. The van der Waals surface area contributed by atoms with Crippen molar-refractivity contribution in [1.29, 1.82) is 10.5 Å². The molecule has 0 saturated heterocycles. The molecule has 1 amide bonds. The largest absolute Gasteiger partial charge is 0.378 e. The molecule has 3 heterocycles. The van der Waals surface area contributed by atoms with Crippen LogP contribution in [0.15, 0.2) is 43.0 Å². The van der Waals surface area contributed by atoms with Gasteiger partial charge in [0, 0.05) is 42.9 Å². The number of hydrogen-bond donors (Lipinski definition) is 3. The van der Waals surface area contributed by atoms with Gasteiger partial charge in [-0.25, -0.2) is 9.97 Å². The quantitative estimate of drug-likeness (QED) is 0.261. The number of aromatic nitrogens is 5. The number of ether oxygens (including phenoxy) is 1. The molecule has 12 heteroatoms. The third kappa shape index (κ3) is 5.56. The highest BCUT2D eigenvalue weighted by atomic mass is 16.5. The number of imidazole rings is 1. The van der Waals surface area contributed by atoms with Gasteiger partial charge in [0.25, 0.3) is 5.91 Å². The number of nitrogens with one attached hydrogen (secondary N) is 2. The minimum absolute atomic E-state index is 0.0373. The Kier molecular flexibility index (Phi) is 8.05. The number of carbonyl (C=O) groups is 1. The van der Waals surface area contributed by atoms with Crippen molar-refractivity contribution >= 4 is 23.1 Å². The van der Waals surface area contributed by atoms with Gasteiger partial charge in [-0.2, -0.15) is 15.6 Å². The van der Waals surface area contributed by atoms with E-state index in [1.165, 1.54) is 4.68 Å². The van der Waals surface area contributed by atoms with Gasteiger partial charge in [0.2, 0.25) is 0 Å². The lowest BCUT2D eigenvalue weighted by atomic mass is 10.0. The van der Waals surface area contributed by atoms with Gasteiger partial charge in [-0.1, -0.05) is 6.92 Å². The van der Waals surface area contributed by atoms with E-state index in [0.717, 1.165) is 11.3 Å². The number of fused-ring (bicyclic) bond motifs is 1. The minimum Gasteiger partial charge on any atom is -0.378 e. The van der Waals surface area contributed by atoms with Crippen LogP contribution in [0.25, 0.3) is 16.9 Å². The van der Waals surface area contributed by atoms with E-state index in [2.05, 4.69) is 31.8 Å². The molecule has 3 aromatic heterocycles. The highest BCUT2D eigenvalue weighted by Gasteiger charge is 2.17. The Hall–Kier alpha value is -4.78. The molecule has 0 saturated carbocycles. The smallest absolute Gasteiger partial charge is 0.251 e. The molecule has 12 nitrogen and oxygen atoms in total. The maximum absolute atomic E-state index is 12.6. The molecule has 0 aliphatic rings. The fraction of sp³-hybridized carbons (Fsp3) is 0.280. The first-order valence-electron chi connectivity index (χ1n) is 11.7. The Morgan fingerprint density at radius 2 is 2.11 bits per heavy atom. The number of anilines is 2. The van der Waals surface area contributed by atoms with Crippen LogP contribution < -0.4 is 16.4 Å². The summed E-state index contributed by atoms with van der Waals surface area (Å²) in [6.07, 6.45) is 7.32. The zero-order chi connectivity index (χ0) is 26.2. The summed E-state index contributed by atoms with van der Waals surface area (Å²) in [6, 6.07) is 9.59. The van der Waals surface area contributed by atoms with E-state index in [9.17, 15) is 10.1 Å². The van der Waals surface area contributed by atoms with E-state index in [0.29, 0.717) is 61.0 Å². The number of nitrogens with two attached hydrogens (primary N) is 1. The van der Waals surface area contributed by atoms with Crippen molar-refractivity contribution in [2.24, 2.45) is 5.73 Å². The monoisotopic (exact) mass is 498 g/mol. The first-order valence-corrected chi connectivity index (χ1v) is 11.7. The molecule has 188 valence electrons. The van der Waals surface area contributed by atoms with Gasteiger partial charge in [-0.3, -0.25) is 13.9 Å². The third-order valence-corrected chi connectivity index (χ3v) is 5.59. The fourth-order valence-corrected chi connectivity index (χ4v) is 3.89. The second-order valence-electron chi connectivity index (χ2n) is 7.98. The number of amides is 1. The molecule has 0 spiro atoms. The van der Waals surface area contributed by atoms with Crippen molar-refractivity contribution in [3.05, 3.63) is 59.8 Å². The number of nitrogens with zero attached hydrogens (tertiary/aromatic N) is 7. The van der Waals surface area contributed by atoms with Crippen LogP contribution in [0.4, 0.5) is 11.5 Å². The van der Waals surface area contributed by atoms with E-state index in [4.69, 9.17) is 15.7 Å². The second kappa shape index (κ2) is 11.8. The molecule has 4 rings (SSSR count). The minimum atomic E-state index is -0.164. The summed E-state index contributed by atoms with van der Waals surface area (Å²) in [4.78, 5) is 21.6. The van der Waals surface area contributed by atoms with Crippen LogP contribution in [0.2, 0.25) is 0 Å². The molecule has 0 radical (unpaired) electrons. The molecule has 0 fully saturated rings. The Balaban J connectivity index is 1.57. The van der Waals surface area contributed by atoms with Crippen molar-refractivity contribution < 1.29 is 9.53 Å². The van der Waals surface area contributed by atoms with Crippen LogP contribution in [-0.4, -0.2) is 56.4 Å². The van der Waals surface area contributed by atoms with Crippen LogP contribution in [0, 0.1) is 22.7 Å². The SMILES string of the molecule is CCc1cc(Nc2nccn3c(-c4cn(CC#N)nc4C#N)cnc23)ccc1C(=O)NCCOCCN. The highest BCUT2D eigenvalue weighted by Crippen LogP contribution is 2.28. The molecule has 4 N–H and O–H groups in total. The lowest BCUT2D eigenvalue weighted by Crippen LogP contribution is -2.28. The van der Waals surface area contributed by atoms with Crippen molar-refractivity contribution in [3.8, 4) is 23.4 Å². The number of hydrogen-bond acceptors (Lipinski definition) is 9. The summed E-state index contributed by atoms with van der Waals surface area (Å²) in [5, 5.41) is 28.8. The Bertz CT molecular complexity index is 1490. The number of carbonyl (C=O) groups excluding carboxylic acids is 1. The molecular formula is C25H26N10O2. The number of nitriles is 2. The first kappa shape index (κ1) is 25.3. The third-order valence-electron chi connectivity index (χ3n) is 5.59. The first-order chi connectivity index (χ1) is 18.1. The van der Waals surface area contributed by atoms with Gasteiger partial charge in [0.15, 0.2) is 17.2 Å². The van der Waals surface area contributed by atoms with Crippen LogP contribution in [0.5, 0.6) is 0 Å². The maximum Gasteiger partial charge on any atom is 0.251 e. The van der Waals surface area contributed by atoms with Crippen molar-refractivity contribution in [1.82, 2.24) is 29.5 Å². The van der Waals surface area contributed by atoms with Gasteiger partial charge < -0.3 is 21.1 Å². The topological polar surface area (TPSA) is 172 Å². The van der Waals surface area contributed by atoms with Gasteiger partial charge in [-0.05, 0) is 30.2 Å². The van der Waals surface area contributed by atoms with E-state index >= 15 is 0 Å². The van der Waals surface area contributed by atoms with Crippen LogP contribution in [0.1, 0.15) is 28.5 Å².